The lowest BCUT2D eigenvalue weighted by Gasteiger charge is -2.31. The monoisotopic (exact) mass is 271 g/mol. The molecule has 1 aromatic rings. The minimum Gasteiger partial charge on any atom is -0.391 e. The molecule has 2 unspecified atom stereocenters. The van der Waals surface area contributed by atoms with Crippen LogP contribution < -0.4 is 5.32 Å². The fraction of sp³-hybridized carbons (Fsp3) is 0.429. The van der Waals surface area contributed by atoms with Gasteiger partial charge in [-0.1, -0.05) is 13.0 Å². The number of nitrogens with one attached hydrogen (secondary N) is 1. The summed E-state index contributed by atoms with van der Waals surface area (Å²) < 4.78 is 39.5. The van der Waals surface area contributed by atoms with E-state index in [1.165, 1.54) is 0 Å². The predicted molar refractivity (Wildman–Crippen MR) is 66.1 cm³/mol. The van der Waals surface area contributed by atoms with Crippen LogP contribution in [0.25, 0.3) is 0 Å². The zero-order valence-electron chi connectivity index (χ0n) is 10.6. The molecule has 0 bridgehead atoms. The number of hydrogen-bond donors (Lipinski definition) is 2. The number of halogens is 3. The van der Waals surface area contributed by atoms with E-state index in [0.717, 1.165) is 24.3 Å². The van der Waals surface area contributed by atoms with Crippen molar-refractivity contribution in [1.82, 2.24) is 5.32 Å². The van der Waals surface area contributed by atoms with E-state index in [1.807, 2.05) is 13.0 Å². The van der Waals surface area contributed by atoms with Crippen LogP contribution >= 0.6 is 0 Å². The molecule has 1 heterocycles. The number of β-amino-alcohol motifs (C(OH)–C–C–N with tert-alkyl or cyclic N) is 1. The Morgan fingerprint density at radius 2 is 1.95 bits per heavy atom. The summed E-state index contributed by atoms with van der Waals surface area (Å²) in [6.45, 7) is 2.36. The van der Waals surface area contributed by atoms with Crippen molar-refractivity contribution in [3.63, 3.8) is 0 Å². The molecule has 2 rings (SSSR count). The van der Waals surface area contributed by atoms with Gasteiger partial charge in [0, 0.05) is 18.2 Å². The molecule has 2 nitrogen and oxygen atoms in total. The Morgan fingerprint density at radius 3 is 2.53 bits per heavy atom. The van der Waals surface area contributed by atoms with Gasteiger partial charge in [0.1, 0.15) is 0 Å². The summed E-state index contributed by atoms with van der Waals surface area (Å²) in [6, 6.07) is 1.98. The molecule has 1 saturated heterocycles. The Labute approximate surface area is 109 Å². The van der Waals surface area contributed by atoms with Crippen molar-refractivity contribution >= 4 is 0 Å². The first kappa shape index (κ1) is 13.9. The van der Waals surface area contributed by atoms with Crippen LogP contribution in [-0.2, 0) is 0 Å². The second kappa shape index (κ2) is 5.65. The van der Waals surface area contributed by atoms with Gasteiger partial charge < -0.3 is 10.4 Å². The lowest BCUT2D eigenvalue weighted by Crippen LogP contribution is -2.36. The maximum atomic E-state index is 13.3. The van der Waals surface area contributed by atoms with E-state index < -0.39 is 23.6 Å². The Hall–Kier alpha value is -1.49. The van der Waals surface area contributed by atoms with E-state index in [4.69, 9.17) is 0 Å². The second-order valence-electron chi connectivity index (χ2n) is 4.69. The first-order valence-electron chi connectivity index (χ1n) is 6.29. The lowest BCUT2D eigenvalue weighted by atomic mass is 9.86. The largest absolute Gasteiger partial charge is 0.391 e. The number of aliphatic hydroxyl groups excluding tert-OH is 1. The minimum absolute atomic E-state index is 0.336. The van der Waals surface area contributed by atoms with Crippen molar-refractivity contribution in [1.29, 1.82) is 0 Å². The SMILES string of the molecule is CC/C=C1\NCC(O)CC1c1cc(F)c(F)c(F)c1. The van der Waals surface area contributed by atoms with Crippen LogP contribution in [-0.4, -0.2) is 17.8 Å². The fourth-order valence-electron chi connectivity index (χ4n) is 2.37. The maximum Gasteiger partial charge on any atom is 0.194 e. The van der Waals surface area contributed by atoms with Crippen LogP contribution in [0.3, 0.4) is 0 Å². The van der Waals surface area contributed by atoms with Crippen molar-refractivity contribution < 1.29 is 18.3 Å². The highest BCUT2D eigenvalue weighted by Crippen LogP contribution is 2.32. The number of allylic oxidation sites excluding steroid dienone is 2. The Balaban J connectivity index is 2.39. The third-order valence-corrected chi connectivity index (χ3v) is 3.26. The highest BCUT2D eigenvalue weighted by atomic mass is 19.2. The van der Waals surface area contributed by atoms with E-state index >= 15 is 0 Å². The maximum absolute atomic E-state index is 13.3. The van der Waals surface area contributed by atoms with Crippen LogP contribution in [0, 0.1) is 17.5 Å². The highest BCUT2D eigenvalue weighted by molar-refractivity contribution is 5.31. The summed E-state index contributed by atoms with van der Waals surface area (Å²) in [7, 11) is 0. The average Bonchev–Trinajstić information content (AvgIpc) is 2.37. The Morgan fingerprint density at radius 1 is 1.32 bits per heavy atom. The molecule has 1 aromatic carbocycles. The molecule has 19 heavy (non-hydrogen) atoms. The molecule has 1 aliphatic heterocycles. The smallest absolute Gasteiger partial charge is 0.194 e. The van der Waals surface area contributed by atoms with Gasteiger partial charge in [-0.15, -0.1) is 0 Å². The van der Waals surface area contributed by atoms with Gasteiger partial charge in [-0.2, -0.15) is 0 Å². The molecule has 0 aliphatic carbocycles. The molecular formula is C14H16F3NO. The molecule has 1 fully saturated rings. The van der Waals surface area contributed by atoms with Gasteiger partial charge >= 0.3 is 0 Å². The molecule has 5 heteroatoms. The normalized spacial score (nSPS) is 25.4. The van der Waals surface area contributed by atoms with Crippen molar-refractivity contribution in [2.75, 3.05) is 6.54 Å². The molecule has 2 atom stereocenters. The highest BCUT2D eigenvalue weighted by Gasteiger charge is 2.27. The average molecular weight is 271 g/mol. The number of piperidine rings is 1. The van der Waals surface area contributed by atoms with E-state index in [-0.39, 0.29) is 5.92 Å². The molecule has 0 saturated carbocycles. The molecule has 0 radical (unpaired) electrons. The van der Waals surface area contributed by atoms with Crippen molar-refractivity contribution in [3.8, 4) is 0 Å². The third-order valence-electron chi connectivity index (χ3n) is 3.26. The quantitative estimate of drug-likeness (QED) is 0.811. The Bertz CT molecular complexity index is 478. The van der Waals surface area contributed by atoms with Gasteiger partial charge in [0.2, 0.25) is 0 Å². The van der Waals surface area contributed by atoms with E-state index in [0.29, 0.717) is 18.5 Å². The minimum atomic E-state index is -1.46. The first-order chi connectivity index (χ1) is 9.02. The molecule has 0 amide bonds. The zero-order valence-corrected chi connectivity index (χ0v) is 10.6. The molecule has 1 aliphatic rings. The Kier molecular flexibility index (Phi) is 4.14. The second-order valence-corrected chi connectivity index (χ2v) is 4.69. The predicted octanol–water partition coefficient (Wildman–Crippen LogP) is 2.84. The van der Waals surface area contributed by atoms with Gasteiger partial charge in [-0.25, -0.2) is 13.2 Å². The fourth-order valence-corrected chi connectivity index (χ4v) is 2.37. The van der Waals surface area contributed by atoms with E-state index in [1.54, 1.807) is 0 Å². The van der Waals surface area contributed by atoms with Gasteiger partial charge in [0.05, 0.1) is 6.10 Å². The number of benzene rings is 1. The van der Waals surface area contributed by atoms with Crippen LogP contribution in [0.5, 0.6) is 0 Å². The van der Waals surface area contributed by atoms with Gasteiger partial charge in [-0.3, -0.25) is 0 Å². The van der Waals surface area contributed by atoms with Crippen LogP contribution in [0.4, 0.5) is 13.2 Å². The lowest BCUT2D eigenvalue weighted by molar-refractivity contribution is 0.143. The van der Waals surface area contributed by atoms with Crippen LogP contribution in [0.15, 0.2) is 23.9 Å². The summed E-state index contributed by atoms with van der Waals surface area (Å²) in [6.07, 6.45) is 2.45. The van der Waals surface area contributed by atoms with E-state index in [9.17, 15) is 18.3 Å². The topological polar surface area (TPSA) is 32.3 Å². The summed E-state index contributed by atoms with van der Waals surface area (Å²) in [5.74, 6) is -4.21. The van der Waals surface area contributed by atoms with Crippen molar-refractivity contribution in [2.24, 2.45) is 0 Å². The number of aliphatic hydroxyl groups is 1. The first-order valence-corrected chi connectivity index (χ1v) is 6.29. The summed E-state index contributed by atoms with van der Waals surface area (Å²) in [5, 5.41) is 12.7. The van der Waals surface area contributed by atoms with Crippen molar-refractivity contribution in [3.05, 3.63) is 46.9 Å². The molecule has 0 aromatic heterocycles. The summed E-state index contributed by atoms with van der Waals surface area (Å²) >= 11 is 0. The van der Waals surface area contributed by atoms with Gasteiger partial charge in [0.25, 0.3) is 0 Å². The summed E-state index contributed by atoms with van der Waals surface area (Å²) in [5.41, 5.74) is 1.15. The van der Waals surface area contributed by atoms with Crippen LogP contribution in [0.2, 0.25) is 0 Å². The standard InChI is InChI=1S/C14H16F3NO/c1-2-3-13-10(6-9(19)7-18-13)8-4-11(15)14(17)12(16)5-8/h3-5,9-10,18-19H,2,6-7H2,1H3/b13-3-. The zero-order chi connectivity index (χ0) is 14.0. The van der Waals surface area contributed by atoms with Gasteiger partial charge in [-0.05, 0) is 30.5 Å². The number of rotatable bonds is 2. The number of hydrogen-bond acceptors (Lipinski definition) is 2. The van der Waals surface area contributed by atoms with Crippen LogP contribution in [0.1, 0.15) is 31.2 Å². The van der Waals surface area contributed by atoms with E-state index in [2.05, 4.69) is 5.32 Å². The molecular weight excluding hydrogens is 255 g/mol. The molecule has 2 N–H and O–H groups in total. The summed E-state index contributed by atoms with van der Waals surface area (Å²) in [4.78, 5) is 0. The molecule has 0 spiro atoms. The molecule has 104 valence electrons. The van der Waals surface area contributed by atoms with Gasteiger partial charge in [0.15, 0.2) is 17.5 Å². The third kappa shape index (κ3) is 2.92. The van der Waals surface area contributed by atoms with Crippen molar-refractivity contribution in [2.45, 2.75) is 31.8 Å².